The van der Waals surface area contributed by atoms with E-state index in [1.165, 1.54) is 29.5 Å². The summed E-state index contributed by atoms with van der Waals surface area (Å²) >= 11 is 0. The maximum Gasteiger partial charge on any atom is 0.0958 e. The van der Waals surface area contributed by atoms with Crippen LogP contribution in [0.15, 0.2) is 91.3 Å². The third-order valence-electron chi connectivity index (χ3n) is 6.76. The lowest BCUT2D eigenvalue weighted by atomic mass is 9.68. The molecule has 1 saturated heterocycles. The van der Waals surface area contributed by atoms with E-state index in [4.69, 9.17) is 0 Å². The molecular weight excluding hydrogens is 366 g/mol. The van der Waals surface area contributed by atoms with Crippen LogP contribution in [-0.2, 0) is 12.0 Å². The molecule has 0 bridgehead atoms. The summed E-state index contributed by atoms with van der Waals surface area (Å²) in [6.45, 7) is 4.47. The van der Waals surface area contributed by atoms with Crippen LogP contribution in [0.2, 0.25) is 0 Å². The summed E-state index contributed by atoms with van der Waals surface area (Å²) in [6.07, 6.45) is 5.49. The topological polar surface area (TPSA) is 21.1 Å². The van der Waals surface area contributed by atoms with Gasteiger partial charge < -0.3 is 9.47 Å². The van der Waals surface area contributed by atoms with Gasteiger partial charge in [-0.3, -0.25) is 0 Å². The Kier molecular flexibility index (Phi) is 5.37. The maximum atomic E-state index is 4.52. The Bertz CT molecular complexity index is 1040. The van der Waals surface area contributed by atoms with Crippen LogP contribution in [0, 0.1) is 0 Å². The molecule has 1 aromatic heterocycles. The zero-order valence-electron chi connectivity index (χ0n) is 17.5. The van der Waals surface area contributed by atoms with Crippen molar-refractivity contribution in [3.8, 4) is 0 Å². The fourth-order valence-corrected chi connectivity index (χ4v) is 5.07. The van der Waals surface area contributed by atoms with Gasteiger partial charge in [-0.15, -0.1) is 0 Å². The molecule has 3 nitrogen and oxygen atoms in total. The highest BCUT2D eigenvalue weighted by atomic mass is 15.1. The highest BCUT2D eigenvalue weighted by molar-refractivity contribution is 5.74. The molecule has 4 aromatic rings. The minimum Gasteiger partial charge on any atom is -0.331 e. The number of piperidine rings is 1. The van der Waals surface area contributed by atoms with Gasteiger partial charge in [-0.2, -0.15) is 0 Å². The first-order valence-corrected chi connectivity index (χ1v) is 11.1. The van der Waals surface area contributed by atoms with E-state index in [1.54, 1.807) is 0 Å². The van der Waals surface area contributed by atoms with Gasteiger partial charge >= 0.3 is 0 Å². The summed E-state index contributed by atoms with van der Waals surface area (Å²) in [4.78, 5) is 7.16. The van der Waals surface area contributed by atoms with Crippen molar-refractivity contribution in [1.29, 1.82) is 0 Å². The number of benzene rings is 3. The second-order valence-corrected chi connectivity index (χ2v) is 8.44. The first-order valence-electron chi connectivity index (χ1n) is 11.1. The van der Waals surface area contributed by atoms with Gasteiger partial charge in [0.1, 0.15) is 0 Å². The average Bonchev–Trinajstić information content (AvgIpc) is 3.24. The molecule has 152 valence electrons. The molecule has 0 spiro atoms. The molecule has 0 amide bonds. The van der Waals surface area contributed by atoms with Crippen molar-refractivity contribution in [2.24, 2.45) is 0 Å². The Morgan fingerprint density at radius 2 is 1.30 bits per heavy atom. The van der Waals surface area contributed by atoms with Crippen LogP contribution >= 0.6 is 0 Å². The summed E-state index contributed by atoms with van der Waals surface area (Å²) in [5, 5.41) is 0. The van der Waals surface area contributed by atoms with Crippen LogP contribution in [-0.4, -0.2) is 34.1 Å². The molecule has 3 heteroatoms. The number of rotatable bonds is 6. The van der Waals surface area contributed by atoms with E-state index in [1.807, 2.05) is 6.33 Å². The van der Waals surface area contributed by atoms with Crippen molar-refractivity contribution < 1.29 is 0 Å². The highest BCUT2D eigenvalue weighted by Gasteiger charge is 2.37. The predicted molar refractivity (Wildman–Crippen MR) is 124 cm³/mol. The summed E-state index contributed by atoms with van der Waals surface area (Å²) < 4.78 is 2.29. The minimum absolute atomic E-state index is 0.138. The van der Waals surface area contributed by atoms with E-state index in [9.17, 15) is 0 Å². The number of aromatic nitrogens is 2. The summed E-state index contributed by atoms with van der Waals surface area (Å²) in [6, 6.07) is 30.6. The van der Waals surface area contributed by atoms with Crippen molar-refractivity contribution in [1.82, 2.24) is 14.5 Å². The van der Waals surface area contributed by atoms with E-state index in [0.29, 0.717) is 0 Å². The second kappa shape index (κ2) is 8.45. The van der Waals surface area contributed by atoms with Gasteiger partial charge in [0.15, 0.2) is 0 Å². The van der Waals surface area contributed by atoms with Crippen molar-refractivity contribution in [3.05, 3.63) is 102 Å². The molecule has 0 radical (unpaired) electrons. The summed E-state index contributed by atoms with van der Waals surface area (Å²) in [7, 11) is 0. The van der Waals surface area contributed by atoms with Crippen molar-refractivity contribution in [3.63, 3.8) is 0 Å². The molecule has 0 N–H and O–H groups in total. The van der Waals surface area contributed by atoms with Crippen LogP contribution in [0.5, 0.6) is 0 Å². The Hall–Kier alpha value is -2.91. The van der Waals surface area contributed by atoms with Gasteiger partial charge in [0.05, 0.1) is 17.4 Å². The quantitative estimate of drug-likeness (QED) is 0.429. The lowest BCUT2D eigenvalue weighted by molar-refractivity contribution is 0.175. The first-order chi connectivity index (χ1) is 14.9. The van der Waals surface area contributed by atoms with Crippen LogP contribution < -0.4 is 0 Å². The van der Waals surface area contributed by atoms with Crippen LogP contribution in [0.4, 0.5) is 0 Å². The lowest BCUT2D eigenvalue weighted by Gasteiger charge is -2.43. The molecule has 3 aromatic carbocycles. The Labute approximate surface area is 179 Å². The number of nitrogens with zero attached hydrogens (tertiary/aromatic N) is 3. The number of fused-ring (bicyclic) bond motifs is 1. The van der Waals surface area contributed by atoms with Crippen molar-refractivity contribution in [2.45, 2.75) is 31.2 Å². The van der Waals surface area contributed by atoms with Crippen molar-refractivity contribution >= 4 is 11.0 Å². The number of likely N-dealkylation sites (tertiary alicyclic amines) is 1. The molecule has 0 unspecified atom stereocenters. The summed E-state index contributed by atoms with van der Waals surface area (Å²) in [5.74, 6) is 0. The number of imidazole rings is 1. The molecule has 1 aliphatic heterocycles. The second-order valence-electron chi connectivity index (χ2n) is 8.44. The molecule has 5 rings (SSSR count). The minimum atomic E-state index is 0.138. The van der Waals surface area contributed by atoms with Crippen LogP contribution in [0.25, 0.3) is 11.0 Å². The molecular formula is C27H29N3. The van der Waals surface area contributed by atoms with Gasteiger partial charge in [-0.25, -0.2) is 4.98 Å². The fraction of sp³-hybridized carbons (Fsp3) is 0.296. The maximum absolute atomic E-state index is 4.52. The van der Waals surface area contributed by atoms with Crippen LogP contribution in [0.3, 0.4) is 0 Å². The molecule has 1 fully saturated rings. The van der Waals surface area contributed by atoms with Gasteiger partial charge in [0.2, 0.25) is 0 Å². The van der Waals surface area contributed by atoms with Gasteiger partial charge in [0.25, 0.3) is 0 Å². The predicted octanol–water partition coefficient (Wildman–Crippen LogP) is 5.51. The SMILES string of the molecule is c1ccc(C2(c3ccccc3)CCN(CCCn3cnc4ccccc43)CC2)cc1. The summed E-state index contributed by atoms with van der Waals surface area (Å²) in [5.41, 5.74) is 5.38. The number of para-hydroxylation sites is 2. The largest absolute Gasteiger partial charge is 0.331 e. The van der Waals surface area contributed by atoms with Gasteiger partial charge in [-0.1, -0.05) is 72.8 Å². The van der Waals surface area contributed by atoms with E-state index < -0.39 is 0 Å². The number of hydrogen-bond donors (Lipinski definition) is 0. The number of hydrogen-bond acceptors (Lipinski definition) is 2. The number of aryl methyl sites for hydroxylation is 1. The molecule has 0 atom stereocenters. The zero-order valence-corrected chi connectivity index (χ0v) is 17.5. The van der Waals surface area contributed by atoms with E-state index in [0.717, 1.165) is 38.1 Å². The lowest BCUT2D eigenvalue weighted by Crippen LogP contribution is -2.43. The Morgan fingerprint density at radius 3 is 1.97 bits per heavy atom. The van der Waals surface area contributed by atoms with Crippen molar-refractivity contribution in [2.75, 3.05) is 19.6 Å². The monoisotopic (exact) mass is 395 g/mol. The smallest absolute Gasteiger partial charge is 0.0958 e. The Balaban J connectivity index is 1.25. The van der Waals surface area contributed by atoms with Crippen LogP contribution in [0.1, 0.15) is 30.4 Å². The average molecular weight is 396 g/mol. The molecule has 30 heavy (non-hydrogen) atoms. The zero-order chi connectivity index (χ0) is 20.2. The van der Waals surface area contributed by atoms with Gasteiger partial charge in [-0.05, 0) is 62.2 Å². The molecule has 1 aliphatic rings. The first kappa shape index (κ1) is 19.1. The third-order valence-corrected chi connectivity index (χ3v) is 6.76. The Morgan fingerprint density at radius 1 is 0.700 bits per heavy atom. The molecule has 0 aliphatic carbocycles. The normalized spacial score (nSPS) is 16.7. The highest BCUT2D eigenvalue weighted by Crippen LogP contribution is 2.41. The standard InChI is InChI=1S/C27H29N3/c1-3-10-23(11-4-1)27(24-12-5-2-6-13-24)16-20-29(21-17-27)18-9-19-30-22-28-25-14-7-8-15-26(25)30/h1-8,10-15,22H,9,16-21H2. The van der Waals surface area contributed by atoms with E-state index >= 15 is 0 Å². The fourth-order valence-electron chi connectivity index (χ4n) is 5.07. The molecule has 2 heterocycles. The molecule has 0 saturated carbocycles. The van der Waals surface area contributed by atoms with E-state index in [2.05, 4.69) is 99.4 Å². The van der Waals surface area contributed by atoms with E-state index in [-0.39, 0.29) is 5.41 Å². The third kappa shape index (κ3) is 3.66. The van der Waals surface area contributed by atoms with Gasteiger partial charge in [0, 0.05) is 12.0 Å².